The second-order valence-corrected chi connectivity index (χ2v) is 6.07. The molecule has 0 spiro atoms. The molecule has 1 aliphatic carbocycles. The van der Waals surface area contributed by atoms with Crippen LogP contribution in [-0.2, 0) is 11.8 Å². The van der Waals surface area contributed by atoms with E-state index in [-0.39, 0.29) is 10.8 Å². The molecule has 2 heteroatoms. The first-order valence-corrected chi connectivity index (χ1v) is 7.51. The smallest absolute Gasteiger partial charge is 0.118 e. The van der Waals surface area contributed by atoms with Crippen molar-refractivity contribution in [1.29, 1.82) is 0 Å². The predicted octanol–water partition coefficient (Wildman–Crippen LogP) is 4.58. The van der Waals surface area contributed by atoms with Gasteiger partial charge in [-0.25, -0.2) is 0 Å². The van der Waals surface area contributed by atoms with E-state index in [1.807, 2.05) is 12.1 Å². The molecule has 0 amide bonds. The van der Waals surface area contributed by atoms with Crippen molar-refractivity contribution in [2.45, 2.75) is 30.1 Å². The molecule has 0 bridgehead atoms. The van der Waals surface area contributed by atoms with E-state index < -0.39 is 0 Å². The molecule has 0 aromatic heterocycles. The highest BCUT2D eigenvalue weighted by Gasteiger charge is 2.49. The monoisotopic (exact) mass is 286 g/mol. The van der Waals surface area contributed by atoms with Gasteiger partial charge in [-0.15, -0.1) is 11.6 Å². The number of hydrogen-bond donors (Lipinski definition) is 0. The maximum Gasteiger partial charge on any atom is 0.118 e. The summed E-state index contributed by atoms with van der Waals surface area (Å²) in [6.07, 6.45) is 3.29. The van der Waals surface area contributed by atoms with Crippen LogP contribution in [0.5, 0.6) is 5.75 Å². The van der Waals surface area contributed by atoms with Crippen molar-refractivity contribution < 1.29 is 4.74 Å². The normalized spacial score (nSPS) is 17.5. The molecule has 1 fully saturated rings. The Kier molecular flexibility index (Phi) is 3.71. The summed E-state index contributed by atoms with van der Waals surface area (Å²) < 4.78 is 5.19. The summed E-state index contributed by atoms with van der Waals surface area (Å²) in [6.45, 7) is 0. The minimum atomic E-state index is 0.151. The lowest BCUT2D eigenvalue weighted by Crippen LogP contribution is -2.23. The van der Waals surface area contributed by atoms with Crippen LogP contribution in [0.15, 0.2) is 54.6 Å². The van der Waals surface area contributed by atoms with Gasteiger partial charge in [0.1, 0.15) is 5.75 Å². The Bertz CT molecular complexity index is 558. The third kappa shape index (κ3) is 2.55. The van der Waals surface area contributed by atoms with E-state index in [0.29, 0.717) is 0 Å². The van der Waals surface area contributed by atoms with Crippen molar-refractivity contribution in [3.8, 4) is 5.75 Å². The van der Waals surface area contributed by atoms with Gasteiger partial charge in [0.05, 0.1) is 7.11 Å². The summed E-state index contributed by atoms with van der Waals surface area (Å²) in [4.78, 5) is 0. The van der Waals surface area contributed by atoms with Crippen LogP contribution in [0.4, 0.5) is 0 Å². The van der Waals surface area contributed by atoms with Crippen molar-refractivity contribution in [1.82, 2.24) is 0 Å². The Morgan fingerprint density at radius 3 is 2.25 bits per heavy atom. The molecule has 0 radical (unpaired) electrons. The molecule has 3 rings (SSSR count). The average Bonchev–Trinajstić information content (AvgIpc) is 3.31. The van der Waals surface area contributed by atoms with Gasteiger partial charge < -0.3 is 4.74 Å². The molecular weight excluding hydrogens is 268 g/mol. The van der Waals surface area contributed by atoms with Crippen molar-refractivity contribution >= 4 is 11.6 Å². The van der Waals surface area contributed by atoms with Crippen LogP contribution < -0.4 is 4.74 Å². The van der Waals surface area contributed by atoms with Crippen LogP contribution in [0.3, 0.4) is 0 Å². The molecule has 1 atom stereocenters. The number of hydrogen-bond acceptors (Lipinski definition) is 1. The van der Waals surface area contributed by atoms with Gasteiger partial charge in [0, 0.05) is 10.8 Å². The number of methoxy groups -OCH3 is 1. The van der Waals surface area contributed by atoms with E-state index in [1.165, 1.54) is 24.0 Å². The molecule has 1 saturated carbocycles. The van der Waals surface area contributed by atoms with Gasteiger partial charge in [0.2, 0.25) is 0 Å². The van der Waals surface area contributed by atoms with Crippen molar-refractivity contribution in [3.05, 3.63) is 65.7 Å². The minimum absolute atomic E-state index is 0.151. The Hall–Kier alpha value is -1.47. The Morgan fingerprint density at radius 1 is 1.05 bits per heavy atom. The van der Waals surface area contributed by atoms with Crippen molar-refractivity contribution in [2.75, 3.05) is 7.11 Å². The van der Waals surface area contributed by atoms with Crippen LogP contribution in [0.25, 0.3) is 0 Å². The highest BCUT2D eigenvalue weighted by atomic mass is 35.5. The molecule has 0 aliphatic heterocycles. The number of rotatable bonds is 5. The van der Waals surface area contributed by atoms with E-state index in [9.17, 15) is 0 Å². The lowest BCUT2D eigenvalue weighted by Gasteiger charge is -2.22. The summed E-state index contributed by atoms with van der Waals surface area (Å²) in [5.41, 5.74) is 2.84. The summed E-state index contributed by atoms with van der Waals surface area (Å²) in [6, 6.07) is 18.9. The maximum absolute atomic E-state index is 6.75. The number of benzene rings is 2. The van der Waals surface area contributed by atoms with E-state index in [4.69, 9.17) is 16.3 Å². The van der Waals surface area contributed by atoms with Crippen LogP contribution in [-0.4, -0.2) is 12.5 Å². The zero-order valence-corrected chi connectivity index (χ0v) is 12.4. The van der Waals surface area contributed by atoms with Gasteiger partial charge in [0.25, 0.3) is 0 Å². The summed E-state index contributed by atoms with van der Waals surface area (Å²) in [5, 5.41) is 0.151. The fraction of sp³-hybridized carbons (Fsp3) is 0.333. The zero-order chi connectivity index (χ0) is 14.0. The molecule has 1 aliphatic rings. The second-order valence-electron chi connectivity index (χ2n) is 5.54. The fourth-order valence-electron chi connectivity index (χ4n) is 2.85. The largest absolute Gasteiger partial charge is 0.497 e. The molecule has 20 heavy (non-hydrogen) atoms. The third-order valence-corrected chi connectivity index (χ3v) is 4.88. The summed E-state index contributed by atoms with van der Waals surface area (Å²) >= 11 is 6.75. The van der Waals surface area contributed by atoms with E-state index >= 15 is 0 Å². The fourth-order valence-corrected chi connectivity index (χ4v) is 3.37. The van der Waals surface area contributed by atoms with E-state index in [2.05, 4.69) is 42.5 Å². The molecular formula is C18H19ClO. The van der Waals surface area contributed by atoms with Gasteiger partial charge in [-0.2, -0.15) is 0 Å². The third-order valence-electron chi connectivity index (χ3n) is 4.31. The highest BCUT2D eigenvalue weighted by molar-refractivity contribution is 6.22. The number of halogens is 1. The van der Waals surface area contributed by atoms with Gasteiger partial charge in [0.15, 0.2) is 0 Å². The molecule has 1 unspecified atom stereocenters. The zero-order valence-electron chi connectivity index (χ0n) is 11.7. The number of alkyl halides is 1. The lowest BCUT2D eigenvalue weighted by atomic mass is 9.89. The van der Waals surface area contributed by atoms with Crippen molar-refractivity contribution in [2.24, 2.45) is 0 Å². The van der Waals surface area contributed by atoms with E-state index in [0.717, 1.165) is 12.2 Å². The lowest BCUT2D eigenvalue weighted by molar-refractivity contribution is 0.414. The minimum Gasteiger partial charge on any atom is -0.497 e. The van der Waals surface area contributed by atoms with Crippen LogP contribution >= 0.6 is 11.6 Å². The Morgan fingerprint density at radius 2 is 1.70 bits per heavy atom. The number of ether oxygens (including phenoxy) is 1. The standard InChI is InChI=1S/C18H19ClO/c1-20-16-9-7-14(8-10-16)13-17(19)18(11-12-18)15-5-3-2-4-6-15/h2-10,17H,11-13H2,1H3. The first-order valence-electron chi connectivity index (χ1n) is 7.07. The van der Waals surface area contributed by atoms with Crippen LogP contribution in [0.2, 0.25) is 0 Å². The first kappa shape index (κ1) is 13.5. The summed E-state index contributed by atoms with van der Waals surface area (Å²) in [7, 11) is 1.69. The topological polar surface area (TPSA) is 9.23 Å². The first-order chi connectivity index (χ1) is 9.74. The molecule has 0 saturated heterocycles. The van der Waals surface area contributed by atoms with Gasteiger partial charge in [-0.3, -0.25) is 0 Å². The molecule has 0 heterocycles. The van der Waals surface area contributed by atoms with E-state index in [1.54, 1.807) is 7.11 Å². The molecule has 2 aromatic carbocycles. The molecule has 2 aromatic rings. The average molecular weight is 287 g/mol. The second kappa shape index (κ2) is 5.49. The Balaban J connectivity index is 1.74. The van der Waals surface area contributed by atoms with Crippen LogP contribution in [0.1, 0.15) is 24.0 Å². The van der Waals surface area contributed by atoms with Gasteiger partial charge in [-0.05, 0) is 42.5 Å². The van der Waals surface area contributed by atoms with Crippen LogP contribution in [0, 0.1) is 0 Å². The SMILES string of the molecule is COc1ccc(CC(Cl)C2(c3ccccc3)CC2)cc1. The Labute approximate surface area is 125 Å². The summed E-state index contributed by atoms with van der Waals surface area (Å²) in [5.74, 6) is 0.893. The maximum atomic E-state index is 6.75. The molecule has 104 valence electrons. The van der Waals surface area contributed by atoms with Crippen molar-refractivity contribution in [3.63, 3.8) is 0 Å². The predicted molar refractivity (Wildman–Crippen MR) is 83.7 cm³/mol. The molecule has 0 N–H and O–H groups in total. The quantitative estimate of drug-likeness (QED) is 0.731. The van der Waals surface area contributed by atoms with Gasteiger partial charge >= 0.3 is 0 Å². The van der Waals surface area contributed by atoms with Gasteiger partial charge in [-0.1, -0.05) is 42.5 Å². The molecule has 1 nitrogen and oxygen atoms in total. The highest BCUT2D eigenvalue weighted by Crippen LogP contribution is 2.53.